The van der Waals surface area contributed by atoms with Crippen molar-refractivity contribution in [2.24, 2.45) is 0 Å². The van der Waals surface area contributed by atoms with Gasteiger partial charge in [-0.15, -0.1) is 0 Å². The van der Waals surface area contributed by atoms with Crippen molar-refractivity contribution < 1.29 is 0 Å². The van der Waals surface area contributed by atoms with Crippen molar-refractivity contribution >= 4 is 11.8 Å². The van der Waals surface area contributed by atoms with Gasteiger partial charge in [-0.1, -0.05) is 6.92 Å². The van der Waals surface area contributed by atoms with E-state index in [2.05, 4.69) is 23.8 Å². The van der Waals surface area contributed by atoms with Gasteiger partial charge in [0.25, 0.3) is 0 Å². The van der Waals surface area contributed by atoms with Gasteiger partial charge in [0, 0.05) is 24.4 Å². The topological polar surface area (TPSA) is 24.1 Å². The first-order valence-electron chi connectivity index (χ1n) is 4.80. The van der Waals surface area contributed by atoms with Crippen LogP contribution in [0.25, 0.3) is 0 Å². The highest BCUT2D eigenvalue weighted by molar-refractivity contribution is 7.99. The summed E-state index contributed by atoms with van der Waals surface area (Å²) >= 11 is 1.92. The molecule has 0 bridgehead atoms. The number of nitrogens with one attached hydrogen (secondary N) is 2. The molecule has 0 aromatic heterocycles. The summed E-state index contributed by atoms with van der Waals surface area (Å²) in [6.07, 6.45) is 4.87. The molecular weight excluding hydrogens is 168 g/mol. The van der Waals surface area contributed by atoms with Crippen LogP contribution in [0.1, 0.15) is 19.8 Å². The van der Waals surface area contributed by atoms with Gasteiger partial charge >= 0.3 is 0 Å². The molecule has 72 valence electrons. The standard InChI is InChI=1S/C9H20N2S/c1-8(12-2)6-10-7-9-4-3-5-11-9/h8-11H,3-7H2,1-2H3. The Labute approximate surface area is 79.9 Å². The molecule has 0 saturated carbocycles. The minimum Gasteiger partial charge on any atom is -0.314 e. The Morgan fingerprint density at radius 3 is 3.08 bits per heavy atom. The molecule has 0 aromatic rings. The Hall–Kier alpha value is 0.270. The third kappa shape index (κ3) is 3.78. The van der Waals surface area contributed by atoms with Gasteiger partial charge in [-0.05, 0) is 25.6 Å². The van der Waals surface area contributed by atoms with E-state index >= 15 is 0 Å². The molecule has 0 spiro atoms. The lowest BCUT2D eigenvalue weighted by atomic mass is 10.2. The minimum atomic E-state index is 0.735. The molecule has 0 aromatic carbocycles. The average Bonchev–Trinajstić information content (AvgIpc) is 2.57. The fourth-order valence-corrected chi connectivity index (χ4v) is 1.76. The van der Waals surface area contributed by atoms with Gasteiger partial charge in [-0.2, -0.15) is 11.8 Å². The van der Waals surface area contributed by atoms with Crippen LogP contribution in [0.3, 0.4) is 0 Å². The summed E-state index contributed by atoms with van der Waals surface area (Å²) in [7, 11) is 0. The molecule has 1 rings (SSSR count). The molecular formula is C9H20N2S. The second-order valence-electron chi connectivity index (χ2n) is 3.50. The zero-order chi connectivity index (χ0) is 8.81. The van der Waals surface area contributed by atoms with Crippen LogP contribution in [0.2, 0.25) is 0 Å². The molecule has 0 radical (unpaired) electrons. The van der Waals surface area contributed by atoms with Crippen LogP contribution in [-0.2, 0) is 0 Å². The maximum absolute atomic E-state index is 3.49. The SMILES string of the molecule is CSC(C)CNCC1CCCN1. The molecule has 1 aliphatic rings. The highest BCUT2D eigenvalue weighted by Gasteiger charge is 2.12. The fraction of sp³-hybridized carbons (Fsp3) is 1.00. The third-order valence-electron chi connectivity index (χ3n) is 2.39. The summed E-state index contributed by atoms with van der Waals surface area (Å²) in [4.78, 5) is 0. The van der Waals surface area contributed by atoms with Crippen molar-refractivity contribution in [3.63, 3.8) is 0 Å². The average molecular weight is 188 g/mol. The molecule has 1 heterocycles. The van der Waals surface area contributed by atoms with Gasteiger partial charge in [-0.3, -0.25) is 0 Å². The second-order valence-corrected chi connectivity index (χ2v) is 4.77. The highest BCUT2D eigenvalue weighted by atomic mass is 32.2. The van der Waals surface area contributed by atoms with Crippen LogP contribution in [0.4, 0.5) is 0 Å². The lowest BCUT2D eigenvalue weighted by Gasteiger charge is -2.13. The maximum atomic E-state index is 3.49. The lowest BCUT2D eigenvalue weighted by Crippen LogP contribution is -2.36. The van der Waals surface area contributed by atoms with Gasteiger partial charge < -0.3 is 10.6 Å². The summed E-state index contributed by atoms with van der Waals surface area (Å²) in [6, 6.07) is 0.735. The summed E-state index contributed by atoms with van der Waals surface area (Å²) in [5.74, 6) is 0. The van der Waals surface area contributed by atoms with E-state index in [0.29, 0.717) is 0 Å². The second kappa shape index (κ2) is 5.84. The maximum Gasteiger partial charge on any atom is 0.0192 e. The summed E-state index contributed by atoms with van der Waals surface area (Å²) in [5.41, 5.74) is 0. The molecule has 12 heavy (non-hydrogen) atoms. The van der Waals surface area contributed by atoms with Crippen LogP contribution < -0.4 is 10.6 Å². The van der Waals surface area contributed by atoms with Gasteiger partial charge in [0.1, 0.15) is 0 Å². The Kier molecular flexibility index (Phi) is 5.04. The molecule has 2 nitrogen and oxygen atoms in total. The van der Waals surface area contributed by atoms with Gasteiger partial charge in [-0.25, -0.2) is 0 Å². The zero-order valence-electron chi connectivity index (χ0n) is 8.10. The van der Waals surface area contributed by atoms with E-state index < -0.39 is 0 Å². The van der Waals surface area contributed by atoms with Crippen molar-refractivity contribution in [3.05, 3.63) is 0 Å². The van der Waals surface area contributed by atoms with Crippen molar-refractivity contribution in [2.75, 3.05) is 25.9 Å². The Bertz CT molecular complexity index is 113. The smallest absolute Gasteiger partial charge is 0.0192 e. The van der Waals surface area contributed by atoms with Crippen LogP contribution in [0.15, 0.2) is 0 Å². The normalized spacial score (nSPS) is 26.0. The molecule has 2 atom stereocenters. The van der Waals surface area contributed by atoms with E-state index in [-0.39, 0.29) is 0 Å². The number of thioether (sulfide) groups is 1. The van der Waals surface area contributed by atoms with Crippen molar-refractivity contribution in [3.8, 4) is 0 Å². The zero-order valence-corrected chi connectivity index (χ0v) is 8.91. The molecule has 1 aliphatic heterocycles. The predicted molar refractivity (Wildman–Crippen MR) is 56.9 cm³/mol. The Balaban J connectivity index is 1.94. The first kappa shape index (κ1) is 10.4. The van der Waals surface area contributed by atoms with E-state index in [0.717, 1.165) is 24.4 Å². The first-order valence-corrected chi connectivity index (χ1v) is 6.08. The van der Waals surface area contributed by atoms with Crippen LogP contribution in [-0.4, -0.2) is 37.2 Å². The molecule has 1 saturated heterocycles. The van der Waals surface area contributed by atoms with Gasteiger partial charge in [0.15, 0.2) is 0 Å². The summed E-state index contributed by atoms with van der Waals surface area (Å²) in [5, 5.41) is 7.72. The van der Waals surface area contributed by atoms with Crippen molar-refractivity contribution in [1.29, 1.82) is 0 Å². The monoisotopic (exact) mass is 188 g/mol. The van der Waals surface area contributed by atoms with E-state index in [1.165, 1.54) is 19.4 Å². The lowest BCUT2D eigenvalue weighted by molar-refractivity contribution is 0.537. The molecule has 1 fully saturated rings. The van der Waals surface area contributed by atoms with Crippen LogP contribution >= 0.6 is 11.8 Å². The molecule has 2 unspecified atom stereocenters. The number of hydrogen-bond donors (Lipinski definition) is 2. The van der Waals surface area contributed by atoms with Gasteiger partial charge in [0.2, 0.25) is 0 Å². The molecule has 2 N–H and O–H groups in total. The van der Waals surface area contributed by atoms with Crippen LogP contribution in [0.5, 0.6) is 0 Å². The molecule has 0 amide bonds. The highest BCUT2D eigenvalue weighted by Crippen LogP contribution is 2.05. The molecule has 0 aliphatic carbocycles. The number of hydrogen-bond acceptors (Lipinski definition) is 3. The van der Waals surface area contributed by atoms with Gasteiger partial charge in [0.05, 0.1) is 0 Å². The largest absolute Gasteiger partial charge is 0.314 e. The van der Waals surface area contributed by atoms with E-state index in [1.807, 2.05) is 11.8 Å². The van der Waals surface area contributed by atoms with E-state index in [9.17, 15) is 0 Å². The summed E-state index contributed by atoms with van der Waals surface area (Å²) < 4.78 is 0. The van der Waals surface area contributed by atoms with Crippen molar-refractivity contribution in [1.82, 2.24) is 10.6 Å². The Morgan fingerprint density at radius 2 is 2.50 bits per heavy atom. The quantitative estimate of drug-likeness (QED) is 0.675. The van der Waals surface area contributed by atoms with E-state index in [4.69, 9.17) is 0 Å². The molecule has 3 heteroatoms. The van der Waals surface area contributed by atoms with E-state index in [1.54, 1.807) is 0 Å². The summed E-state index contributed by atoms with van der Waals surface area (Å²) in [6.45, 7) is 5.76. The fourth-order valence-electron chi connectivity index (χ4n) is 1.48. The van der Waals surface area contributed by atoms with Crippen LogP contribution in [0, 0.1) is 0 Å². The number of rotatable bonds is 5. The Morgan fingerprint density at radius 1 is 1.67 bits per heavy atom. The minimum absolute atomic E-state index is 0.735. The first-order chi connectivity index (χ1) is 5.83. The predicted octanol–water partition coefficient (Wildman–Crippen LogP) is 1.08. The third-order valence-corrected chi connectivity index (χ3v) is 3.36. The van der Waals surface area contributed by atoms with Crippen molar-refractivity contribution in [2.45, 2.75) is 31.1 Å².